The molecule has 0 aromatic heterocycles. The number of carbonyl (C=O) groups is 4. The van der Waals surface area contributed by atoms with E-state index in [0.29, 0.717) is 65.0 Å². The summed E-state index contributed by atoms with van der Waals surface area (Å²) in [6.07, 6.45) is 15.6. The molecule has 14 nitrogen and oxygen atoms in total. The molecule has 3 aliphatic heterocycles. The topological polar surface area (TPSA) is 174 Å². The fourth-order valence-electron chi connectivity index (χ4n) is 7.81. The number of fused-ring (bicyclic) bond motifs is 2. The summed E-state index contributed by atoms with van der Waals surface area (Å²) < 4.78 is 29.0. The third-order valence-corrected chi connectivity index (χ3v) is 12.6. The predicted octanol–water partition coefficient (Wildman–Crippen LogP) is 7.99. The summed E-state index contributed by atoms with van der Waals surface area (Å²) in [6.45, 7) is 13.3. The summed E-state index contributed by atoms with van der Waals surface area (Å²) >= 11 is 2.23. The summed E-state index contributed by atoms with van der Waals surface area (Å²) in [4.78, 5) is 69.3. The van der Waals surface area contributed by atoms with Crippen molar-refractivity contribution in [3.05, 3.63) is 119 Å². The largest absolute Gasteiger partial charge is 0.363 e. The van der Waals surface area contributed by atoms with Crippen molar-refractivity contribution >= 4 is 71.7 Å². The molecular weight excluding hydrogens is 863 g/mol. The summed E-state index contributed by atoms with van der Waals surface area (Å²) in [5.41, 5.74) is 4.89. The first-order chi connectivity index (χ1) is 30.3. The highest BCUT2D eigenvalue weighted by atomic mass is 32.2. The molecule has 3 amide bonds. The SMILES string of the molecule is CC.CCCC(=O)N(C=O)OC(=O)c1ccc(C2(C)\C(=C/C=C/C=C/C3=NC4C(=CC(C(=O)N(C)OC)=C[NH+]4CCCSO)C3(C)C)N(CCCSO)c3ccc(SO)cc32)cc1. The predicted molar refractivity (Wildman–Crippen MR) is 252 cm³/mol. The lowest BCUT2D eigenvalue weighted by Gasteiger charge is -2.31. The highest BCUT2D eigenvalue weighted by Gasteiger charge is 2.47. The molecule has 0 fully saturated rings. The van der Waals surface area contributed by atoms with Gasteiger partial charge in [-0.1, -0.05) is 65.0 Å². The summed E-state index contributed by atoms with van der Waals surface area (Å²) in [5, 5.41) is 1.62. The van der Waals surface area contributed by atoms with Crippen molar-refractivity contribution in [2.45, 2.75) is 83.7 Å². The van der Waals surface area contributed by atoms with Crippen LogP contribution in [-0.4, -0.2) is 98.6 Å². The average molecular weight is 923 g/mol. The molecule has 2 aromatic carbocycles. The molecule has 0 saturated heterocycles. The number of nitrogens with zero attached hydrogens (tertiary/aromatic N) is 4. The number of hydrogen-bond acceptors (Lipinski definition) is 14. The first kappa shape index (κ1) is 51.2. The maximum Gasteiger partial charge on any atom is 0.363 e. The van der Waals surface area contributed by atoms with Crippen LogP contribution >= 0.6 is 36.1 Å². The first-order valence-corrected chi connectivity index (χ1v) is 23.6. The van der Waals surface area contributed by atoms with Crippen LogP contribution in [0.15, 0.2) is 112 Å². The van der Waals surface area contributed by atoms with Gasteiger partial charge in [0.05, 0.1) is 35.9 Å². The van der Waals surface area contributed by atoms with Crippen LogP contribution in [0.5, 0.6) is 0 Å². The molecule has 0 radical (unpaired) electrons. The lowest BCUT2D eigenvalue weighted by Crippen LogP contribution is -3.12. The van der Waals surface area contributed by atoms with Crippen molar-refractivity contribution in [2.75, 3.05) is 43.7 Å². The Balaban J connectivity index is 0.00000429. The average Bonchev–Trinajstić information content (AvgIpc) is 3.70. The summed E-state index contributed by atoms with van der Waals surface area (Å²) in [7, 11) is 3.03. The number of carbonyl (C=O) groups excluding carboxylic acids is 4. The first-order valence-electron chi connectivity index (χ1n) is 20.9. The Morgan fingerprint density at radius 1 is 0.984 bits per heavy atom. The summed E-state index contributed by atoms with van der Waals surface area (Å²) in [5.74, 6) is -0.628. The van der Waals surface area contributed by atoms with Crippen LogP contribution in [0.4, 0.5) is 5.69 Å². The van der Waals surface area contributed by atoms with Crippen molar-refractivity contribution in [2.24, 2.45) is 10.4 Å². The van der Waals surface area contributed by atoms with Gasteiger partial charge in [0, 0.05) is 77.3 Å². The molecule has 3 heterocycles. The van der Waals surface area contributed by atoms with E-state index in [2.05, 4.69) is 25.7 Å². The third kappa shape index (κ3) is 11.6. The van der Waals surface area contributed by atoms with Crippen molar-refractivity contribution in [3.63, 3.8) is 0 Å². The van der Waals surface area contributed by atoms with Gasteiger partial charge in [-0.3, -0.25) is 24.1 Å². The van der Waals surface area contributed by atoms with Gasteiger partial charge >= 0.3 is 5.97 Å². The van der Waals surface area contributed by atoms with Crippen LogP contribution in [0.2, 0.25) is 0 Å². The normalized spacial score (nSPS) is 20.4. The van der Waals surface area contributed by atoms with Gasteiger partial charge in [-0.05, 0) is 104 Å². The molecule has 3 unspecified atom stereocenters. The lowest BCUT2D eigenvalue weighted by molar-refractivity contribution is -0.868. The van der Waals surface area contributed by atoms with Gasteiger partial charge in [0.2, 0.25) is 6.17 Å². The Labute approximate surface area is 384 Å². The Kier molecular flexibility index (Phi) is 19.5. The highest BCUT2D eigenvalue weighted by molar-refractivity contribution is 7.94. The molecule has 4 N–H and O–H groups in total. The van der Waals surface area contributed by atoms with Gasteiger partial charge in [0.25, 0.3) is 18.2 Å². The molecule has 340 valence electrons. The van der Waals surface area contributed by atoms with Crippen LogP contribution in [0.1, 0.15) is 88.7 Å². The summed E-state index contributed by atoms with van der Waals surface area (Å²) in [6, 6.07) is 12.6. The number of benzene rings is 2. The monoisotopic (exact) mass is 922 g/mol. The standard InChI is InChI=1S/C44H53N5O9S3.C2H6/c1-7-13-39(51)49(29-50)58-42(53)30-16-18-32(19-17-30)44(4)34-27-33(61-56)20-21-36(34)48(23-12-25-60-55)38(44)15-10-8-9-14-37-43(2,3)35-26-31(41(52)46(5)57-6)28-47(40(35)45-37)22-11-24-59-54;1-2/h8-10,14-21,26-29,40,54-56H,7,11-13,22-25H2,1-6H3;1-2H3/p+1/b10-8+,14-9+,38-15+;. The Morgan fingerprint density at radius 3 is 2.32 bits per heavy atom. The van der Waals surface area contributed by atoms with Crippen LogP contribution in [0.3, 0.4) is 0 Å². The molecule has 3 aliphatic rings. The molecule has 0 spiro atoms. The van der Waals surface area contributed by atoms with Crippen LogP contribution in [0, 0.1) is 5.41 Å². The zero-order chi connectivity index (χ0) is 46.3. The minimum atomic E-state index is -0.850. The van der Waals surface area contributed by atoms with E-state index in [4.69, 9.17) is 14.7 Å². The zero-order valence-electron chi connectivity index (χ0n) is 37.2. The Hall–Kier alpha value is -4.46. The van der Waals surface area contributed by atoms with E-state index in [0.717, 1.165) is 69.2 Å². The van der Waals surface area contributed by atoms with E-state index in [1.54, 1.807) is 26.1 Å². The molecule has 0 aliphatic carbocycles. The smallest absolute Gasteiger partial charge is 0.344 e. The van der Waals surface area contributed by atoms with E-state index < -0.39 is 22.7 Å². The number of rotatable bonds is 19. The minimum absolute atomic E-state index is 0.0520. The zero-order valence-corrected chi connectivity index (χ0v) is 39.6. The number of hydroxylamine groups is 4. The number of nitrogens with one attached hydrogen (secondary N) is 1. The van der Waals surface area contributed by atoms with E-state index in [1.165, 1.54) is 12.2 Å². The van der Waals surface area contributed by atoms with Crippen LogP contribution in [-0.2, 0) is 29.5 Å². The molecule has 17 heteroatoms. The number of anilines is 1. The molecular formula is C46H60N5O9S3+. The molecule has 0 bridgehead atoms. The number of quaternary nitrogens is 1. The quantitative estimate of drug-likeness (QED) is 0.0352. The number of hydrogen-bond donors (Lipinski definition) is 4. The van der Waals surface area contributed by atoms with Crippen molar-refractivity contribution in [3.8, 4) is 0 Å². The molecule has 5 rings (SSSR count). The van der Waals surface area contributed by atoms with Crippen LogP contribution < -0.4 is 9.80 Å². The third-order valence-electron chi connectivity index (χ3n) is 11.2. The number of aliphatic imine (C=N–C) groups is 1. The van der Waals surface area contributed by atoms with Crippen LogP contribution in [0.25, 0.3) is 0 Å². The maximum absolute atomic E-state index is 13.2. The van der Waals surface area contributed by atoms with Gasteiger partial charge < -0.3 is 23.4 Å². The van der Waals surface area contributed by atoms with E-state index >= 15 is 0 Å². The van der Waals surface area contributed by atoms with E-state index in [1.807, 2.05) is 86.8 Å². The van der Waals surface area contributed by atoms with Crippen molar-refractivity contribution in [1.29, 1.82) is 0 Å². The van der Waals surface area contributed by atoms with Crippen molar-refractivity contribution in [1.82, 2.24) is 10.1 Å². The lowest BCUT2D eigenvalue weighted by atomic mass is 9.75. The maximum atomic E-state index is 13.2. The molecule has 63 heavy (non-hydrogen) atoms. The van der Waals surface area contributed by atoms with Crippen molar-refractivity contribution < 1.29 is 47.4 Å². The second-order valence-corrected chi connectivity index (χ2v) is 17.3. The number of amides is 3. The number of likely N-dealkylation sites (N-methyl/N-ethyl adjacent to an activating group) is 1. The fraction of sp³-hybridized carbons (Fsp3) is 0.413. The van der Waals surface area contributed by atoms with Gasteiger partial charge in [-0.25, -0.2) is 14.9 Å². The Bertz CT molecular complexity index is 2140. The second kappa shape index (κ2) is 24.0. The van der Waals surface area contributed by atoms with E-state index in [-0.39, 0.29) is 30.5 Å². The minimum Gasteiger partial charge on any atom is -0.344 e. The number of imide groups is 1. The second-order valence-electron chi connectivity index (χ2n) is 15.3. The van der Waals surface area contributed by atoms with Gasteiger partial charge in [0.15, 0.2) is 0 Å². The molecule has 2 aromatic rings. The Morgan fingerprint density at radius 2 is 1.68 bits per heavy atom. The number of allylic oxidation sites excluding steroid dienone is 6. The molecule has 3 atom stereocenters. The molecule has 0 saturated carbocycles. The van der Waals surface area contributed by atoms with Gasteiger partial charge in [0.1, 0.15) is 6.20 Å². The van der Waals surface area contributed by atoms with Gasteiger partial charge in [-0.15, -0.1) is 5.06 Å². The fourth-order valence-corrected chi connectivity index (χ4v) is 8.64. The van der Waals surface area contributed by atoms with E-state index in [9.17, 15) is 32.8 Å². The highest BCUT2D eigenvalue weighted by Crippen LogP contribution is 2.52. The van der Waals surface area contributed by atoms with Gasteiger partial charge in [-0.2, -0.15) is 0 Å².